The molecule has 5 rings (SSSR count). The highest BCUT2D eigenvalue weighted by Gasteiger charge is 2.18. The molecule has 0 saturated carbocycles. The van der Waals surface area contributed by atoms with Crippen molar-refractivity contribution in [3.8, 4) is 0 Å². The molecule has 1 aromatic carbocycles. The molecule has 0 saturated heterocycles. The Kier molecular flexibility index (Phi) is 39.7. The second-order valence-corrected chi connectivity index (χ2v) is 18.3. The molecule has 0 unspecified atom stereocenters. The minimum atomic E-state index is 0.229. The SMILES string of the molecule is CC.CC.CC.CC.CC.CC(C)(C)C1=CCNCC1.CC(C)(C)c1ccccc1.CC(C)(C)c1cccnc1.CC(C)(C)c1ccsc1.CC(C)(C)c1cn[nH]c1. The second-order valence-electron chi connectivity index (χ2n) is 17.5. The van der Waals surface area contributed by atoms with Gasteiger partial charge in [-0.25, -0.2) is 0 Å². The largest absolute Gasteiger partial charge is 0.313 e. The smallest absolute Gasteiger partial charge is 0.0524 e. The van der Waals surface area contributed by atoms with E-state index in [4.69, 9.17) is 0 Å². The van der Waals surface area contributed by atoms with Crippen LogP contribution in [0.3, 0.4) is 0 Å². The molecule has 0 atom stereocenters. The number of H-pyrrole nitrogens is 1. The van der Waals surface area contributed by atoms with Gasteiger partial charge in [0.2, 0.25) is 0 Å². The maximum absolute atomic E-state index is 4.05. The van der Waals surface area contributed by atoms with Gasteiger partial charge in [-0.05, 0) is 85.2 Å². The number of pyridine rings is 1. The first-order valence-electron chi connectivity index (χ1n) is 22.4. The van der Waals surface area contributed by atoms with Crippen LogP contribution in [0.1, 0.15) is 202 Å². The molecule has 0 amide bonds. The Hall–Kier alpha value is -3.02. The van der Waals surface area contributed by atoms with Gasteiger partial charge in [-0.15, -0.1) is 0 Å². The van der Waals surface area contributed by atoms with E-state index < -0.39 is 0 Å². The fourth-order valence-electron chi connectivity index (χ4n) is 4.40. The standard InChI is InChI=1S/C10H14.C9H17N.C9H13N.C8H12S.C7H12N2.5C2H6/c1-10(2,3)9-7-5-4-6-8-9;1-9(2,3)8-4-6-10-7-5-8;1-9(2,3)8-5-4-6-10-7-8;1-8(2,3)7-4-5-9-6-7;1-7(2,3)6-4-8-9-5-6;5*1-2/h4-8H,1-3H3;4,10H,5-7H2,1-3H3;4-7H,1-3H3;4-6H,1-3H3;4-5H,1-3H3,(H,8,9);5*1-2H3. The fourth-order valence-corrected chi connectivity index (χ4v) is 5.28. The van der Waals surface area contributed by atoms with E-state index >= 15 is 0 Å². The number of aromatic amines is 1. The molecule has 3 aromatic heterocycles. The zero-order valence-electron chi connectivity index (χ0n) is 43.1. The number of thiophene rings is 1. The molecule has 1 aliphatic heterocycles. The number of hydrogen-bond donors (Lipinski definition) is 2. The van der Waals surface area contributed by atoms with E-state index in [1.807, 2.05) is 93.9 Å². The summed E-state index contributed by atoms with van der Waals surface area (Å²) in [5.41, 5.74) is 8.45. The van der Waals surface area contributed by atoms with Crippen molar-refractivity contribution in [3.63, 3.8) is 0 Å². The second kappa shape index (κ2) is 35.9. The predicted octanol–water partition coefficient (Wildman–Crippen LogP) is 17.2. The highest BCUT2D eigenvalue weighted by Crippen LogP contribution is 2.28. The summed E-state index contributed by atoms with van der Waals surface area (Å²) in [6.45, 7) is 55.5. The van der Waals surface area contributed by atoms with Crippen LogP contribution in [0.15, 0.2) is 95.7 Å². The molecule has 0 spiro atoms. The number of aromatic nitrogens is 3. The molecule has 1 aliphatic rings. The summed E-state index contributed by atoms with van der Waals surface area (Å²) in [6, 6.07) is 16.8. The Morgan fingerprint density at radius 3 is 1.19 bits per heavy atom. The Morgan fingerprint density at radius 1 is 0.500 bits per heavy atom. The molecule has 4 nitrogen and oxygen atoms in total. The molecule has 0 fully saturated rings. The van der Waals surface area contributed by atoms with Crippen LogP contribution in [0, 0.1) is 5.41 Å². The summed E-state index contributed by atoms with van der Waals surface area (Å²) >= 11 is 1.77. The lowest BCUT2D eigenvalue weighted by Gasteiger charge is -2.26. The van der Waals surface area contributed by atoms with Gasteiger partial charge in [0.1, 0.15) is 0 Å². The first kappa shape index (κ1) is 64.1. The molecule has 2 N–H and O–H groups in total. The number of hydrogen-bond acceptors (Lipinski definition) is 4. The van der Waals surface area contributed by atoms with Crippen LogP contribution in [0.25, 0.3) is 0 Å². The quantitative estimate of drug-likeness (QED) is 0.174. The topological polar surface area (TPSA) is 53.6 Å². The van der Waals surface area contributed by atoms with Gasteiger partial charge in [0.05, 0.1) is 6.20 Å². The third kappa shape index (κ3) is 33.9. The van der Waals surface area contributed by atoms with Crippen LogP contribution in [-0.4, -0.2) is 28.3 Å². The molecule has 0 aliphatic carbocycles. The molecule has 0 bridgehead atoms. The van der Waals surface area contributed by atoms with Crippen LogP contribution in [0.4, 0.5) is 0 Å². The van der Waals surface area contributed by atoms with E-state index in [1.54, 1.807) is 23.1 Å². The Bertz CT molecular complexity index is 1290. The van der Waals surface area contributed by atoms with Crippen LogP contribution >= 0.6 is 11.3 Å². The molecular weight excluding hydrogens is 725 g/mol. The van der Waals surface area contributed by atoms with Crippen molar-refractivity contribution in [1.29, 1.82) is 0 Å². The third-order valence-corrected chi connectivity index (χ3v) is 8.63. The highest BCUT2D eigenvalue weighted by atomic mass is 32.1. The molecule has 4 aromatic rings. The van der Waals surface area contributed by atoms with E-state index in [-0.39, 0.29) is 10.8 Å². The maximum Gasteiger partial charge on any atom is 0.0524 e. The van der Waals surface area contributed by atoms with E-state index in [0.29, 0.717) is 16.2 Å². The van der Waals surface area contributed by atoms with Crippen LogP contribution in [0.2, 0.25) is 0 Å². The normalized spacial score (nSPS) is 11.7. The summed E-state index contributed by atoms with van der Waals surface area (Å²) in [7, 11) is 0. The van der Waals surface area contributed by atoms with Gasteiger partial charge in [-0.1, -0.05) is 221 Å². The van der Waals surface area contributed by atoms with Gasteiger partial charge in [-0.2, -0.15) is 16.4 Å². The van der Waals surface area contributed by atoms with E-state index in [1.165, 1.54) is 28.7 Å². The van der Waals surface area contributed by atoms with Crippen molar-refractivity contribution in [2.24, 2.45) is 5.41 Å². The highest BCUT2D eigenvalue weighted by molar-refractivity contribution is 7.08. The predicted molar refractivity (Wildman–Crippen MR) is 270 cm³/mol. The van der Waals surface area contributed by atoms with Crippen LogP contribution < -0.4 is 5.32 Å². The lowest BCUT2D eigenvalue weighted by molar-refractivity contribution is 0.464. The first-order valence-corrected chi connectivity index (χ1v) is 23.4. The third-order valence-electron chi connectivity index (χ3n) is 7.95. The van der Waals surface area contributed by atoms with Crippen molar-refractivity contribution in [3.05, 3.63) is 118 Å². The van der Waals surface area contributed by atoms with Gasteiger partial charge >= 0.3 is 0 Å². The minimum absolute atomic E-state index is 0.229. The summed E-state index contributed by atoms with van der Waals surface area (Å²) in [5.74, 6) is 0. The fraction of sp³-hybridized carbons (Fsp3) is 0.623. The molecule has 58 heavy (non-hydrogen) atoms. The average Bonchev–Trinajstić information content (AvgIpc) is 3.97. The van der Waals surface area contributed by atoms with E-state index in [9.17, 15) is 0 Å². The van der Waals surface area contributed by atoms with Gasteiger partial charge in [0.15, 0.2) is 0 Å². The van der Waals surface area contributed by atoms with Crippen molar-refractivity contribution in [2.75, 3.05) is 13.1 Å². The first-order chi connectivity index (χ1) is 27.0. The number of benzene rings is 1. The Labute approximate surface area is 368 Å². The molecule has 336 valence electrons. The Balaban J connectivity index is -0.000000191. The molecule has 0 radical (unpaired) electrons. The van der Waals surface area contributed by atoms with Crippen molar-refractivity contribution < 1.29 is 0 Å². The van der Waals surface area contributed by atoms with Gasteiger partial charge < -0.3 is 5.32 Å². The summed E-state index contributed by atoms with van der Waals surface area (Å²) in [5, 5.41) is 14.3. The number of nitrogens with zero attached hydrogens (tertiary/aromatic N) is 2. The zero-order valence-corrected chi connectivity index (χ0v) is 43.9. The summed E-state index contributed by atoms with van der Waals surface area (Å²) in [4.78, 5) is 4.05. The molecular formula is C53H98N4S. The molecule has 5 heteroatoms. The monoisotopic (exact) mass is 823 g/mol. The lowest BCUT2D eigenvalue weighted by Crippen LogP contribution is -2.25. The maximum atomic E-state index is 4.05. The van der Waals surface area contributed by atoms with E-state index in [2.05, 4.69) is 184 Å². The zero-order chi connectivity index (χ0) is 46.7. The van der Waals surface area contributed by atoms with Crippen molar-refractivity contribution >= 4 is 11.3 Å². The van der Waals surface area contributed by atoms with Gasteiger partial charge in [0.25, 0.3) is 0 Å². The van der Waals surface area contributed by atoms with E-state index in [0.717, 1.165) is 13.1 Å². The molecule has 4 heterocycles. The average molecular weight is 823 g/mol. The Morgan fingerprint density at radius 2 is 0.966 bits per heavy atom. The van der Waals surface area contributed by atoms with Crippen molar-refractivity contribution in [2.45, 2.75) is 201 Å². The summed E-state index contributed by atoms with van der Waals surface area (Å²) < 4.78 is 0. The number of nitrogens with one attached hydrogen (secondary N) is 2. The lowest BCUT2D eigenvalue weighted by atomic mass is 9.83. The van der Waals surface area contributed by atoms with Crippen LogP contribution in [-0.2, 0) is 21.7 Å². The minimum Gasteiger partial charge on any atom is -0.313 e. The summed E-state index contributed by atoms with van der Waals surface area (Å²) in [6.07, 6.45) is 11.1. The van der Waals surface area contributed by atoms with Gasteiger partial charge in [-0.3, -0.25) is 10.1 Å². The van der Waals surface area contributed by atoms with Crippen molar-refractivity contribution in [1.82, 2.24) is 20.5 Å². The number of rotatable bonds is 0. The van der Waals surface area contributed by atoms with Gasteiger partial charge in [0, 0.05) is 25.1 Å². The van der Waals surface area contributed by atoms with Crippen LogP contribution in [0.5, 0.6) is 0 Å².